The van der Waals surface area contributed by atoms with Crippen molar-refractivity contribution in [1.82, 2.24) is 14.1 Å². The fourth-order valence-corrected chi connectivity index (χ4v) is 7.55. The van der Waals surface area contributed by atoms with E-state index in [2.05, 4.69) is 0 Å². The zero-order valence-corrected chi connectivity index (χ0v) is 23.8. The van der Waals surface area contributed by atoms with E-state index < -0.39 is 38.9 Å². The maximum atomic E-state index is 14.2. The van der Waals surface area contributed by atoms with Crippen molar-refractivity contribution in [3.8, 4) is 0 Å². The summed E-state index contributed by atoms with van der Waals surface area (Å²) in [5, 5.41) is 11.6. The van der Waals surface area contributed by atoms with Crippen molar-refractivity contribution >= 4 is 39.1 Å². The summed E-state index contributed by atoms with van der Waals surface area (Å²) in [5.41, 5.74) is -0.942. The van der Waals surface area contributed by atoms with Crippen LogP contribution in [0.3, 0.4) is 0 Å². The second-order valence-corrected chi connectivity index (χ2v) is 12.5. The van der Waals surface area contributed by atoms with Crippen molar-refractivity contribution in [3.05, 3.63) is 65.2 Å². The van der Waals surface area contributed by atoms with Gasteiger partial charge in [-0.1, -0.05) is 18.2 Å². The molecule has 1 spiro atoms. The second-order valence-electron chi connectivity index (χ2n) is 10.6. The second kappa shape index (κ2) is 10.5. The average Bonchev–Trinajstić information content (AvgIpc) is 3.62. The number of hydrogen-bond donors (Lipinski definition) is 1. The smallest absolute Gasteiger partial charge is 0.296 e. The predicted octanol–water partition coefficient (Wildman–Crippen LogP) is 2.37. The van der Waals surface area contributed by atoms with Gasteiger partial charge in [0.25, 0.3) is 17.6 Å². The van der Waals surface area contributed by atoms with Gasteiger partial charge in [0.2, 0.25) is 10.0 Å². The van der Waals surface area contributed by atoms with E-state index >= 15 is 0 Å². The van der Waals surface area contributed by atoms with Crippen LogP contribution in [0.1, 0.15) is 37.3 Å². The van der Waals surface area contributed by atoms with Gasteiger partial charge >= 0.3 is 0 Å². The van der Waals surface area contributed by atoms with Gasteiger partial charge in [-0.3, -0.25) is 14.4 Å². The normalized spacial score (nSPS) is 22.8. The fraction of sp³-hybridized carbons (Fsp3) is 0.414. The lowest BCUT2D eigenvalue weighted by molar-refractivity contribution is -0.143. The minimum Gasteiger partial charge on any atom is -0.507 e. The fourth-order valence-electron chi connectivity index (χ4n) is 6.03. The number of sulfonamides is 1. The summed E-state index contributed by atoms with van der Waals surface area (Å²) < 4.78 is 27.4. The largest absolute Gasteiger partial charge is 0.507 e. The highest BCUT2D eigenvalue weighted by atomic mass is 32.2. The molecule has 3 aliphatic heterocycles. The summed E-state index contributed by atoms with van der Waals surface area (Å²) in [6.07, 6.45) is 2.11. The number of likely N-dealkylation sites (N-methyl/N-ethyl adjacent to an activating group) is 1. The molecule has 1 N–H and O–H groups in total. The monoisotopic (exact) mass is 566 g/mol. The number of likely N-dealkylation sites (tertiary alicyclic amines) is 1. The van der Waals surface area contributed by atoms with Gasteiger partial charge in [0.15, 0.2) is 5.54 Å². The topological polar surface area (TPSA) is 119 Å². The molecule has 0 aromatic heterocycles. The van der Waals surface area contributed by atoms with E-state index in [-0.39, 0.29) is 22.6 Å². The number of Topliss-reactive ketones (excluding diaryl/α,β-unsaturated/α-hetero) is 1. The molecule has 11 heteroatoms. The maximum Gasteiger partial charge on any atom is 0.296 e. The Kier molecular flexibility index (Phi) is 7.32. The third kappa shape index (κ3) is 4.15. The number of carbonyl (C=O) groups is 3. The van der Waals surface area contributed by atoms with E-state index in [1.165, 1.54) is 38.4 Å². The maximum absolute atomic E-state index is 14.2. The molecule has 10 nitrogen and oxygen atoms in total. The lowest BCUT2D eigenvalue weighted by Gasteiger charge is -2.34. The quantitative estimate of drug-likeness (QED) is 0.296. The number of hydrogen-bond acceptors (Lipinski definition) is 7. The first-order chi connectivity index (χ1) is 19.1. The summed E-state index contributed by atoms with van der Waals surface area (Å²) in [6, 6.07) is 12.6. The van der Waals surface area contributed by atoms with Crippen LogP contribution < -0.4 is 4.90 Å². The molecule has 3 aliphatic rings. The molecule has 2 fully saturated rings. The Morgan fingerprint density at radius 2 is 1.65 bits per heavy atom. The third-order valence-electron chi connectivity index (χ3n) is 7.94. The Balaban J connectivity index is 1.66. The molecule has 5 rings (SSSR count). The number of para-hydroxylation sites is 1. The van der Waals surface area contributed by atoms with Crippen LogP contribution in [0.15, 0.2) is 59.0 Å². The Morgan fingerprint density at radius 1 is 1.00 bits per heavy atom. The Morgan fingerprint density at radius 3 is 2.27 bits per heavy atom. The number of benzene rings is 2. The zero-order chi connectivity index (χ0) is 28.8. The molecule has 2 saturated heterocycles. The zero-order valence-electron chi connectivity index (χ0n) is 23.0. The van der Waals surface area contributed by atoms with Crippen LogP contribution in [0.5, 0.6) is 0 Å². The van der Waals surface area contributed by atoms with Crippen molar-refractivity contribution in [2.45, 2.75) is 36.6 Å². The molecular formula is C29H34N4O6S. The molecular weight excluding hydrogens is 532 g/mol. The lowest BCUT2D eigenvalue weighted by Crippen LogP contribution is -2.52. The van der Waals surface area contributed by atoms with Crippen molar-refractivity contribution in [2.75, 3.05) is 51.7 Å². The van der Waals surface area contributed by atoms with E-state index in [0.29, 0.717) is 43.9 Å². The Hall–Kier alpha value is -3.54. The molecule has 212 valence electrons. The first-order valence-electron chi connectivity index (χ1n) is 13.5. The molecule has 0 aliphatic carbocycles. The van der Waals surface area contributed by atoms with Gasteiger partial charge in [0.05, 0.1) is 16.2 Å². The molecule has 0 bridgehead atoms. The van der Waals surface area contributed by atoms with Gasteiger partial charge in [0, 0.05) is 37.3 Å². The molecule has 1 unspecified atom stereocenters. The lowest BCUT2D eigenvalue weighted by atomic mass is 9.82. The summed E-state index contributed by atoms with van der Waals surface area (Å²) in [4.78, 5) is 46.3. The number of amides is 2. The number of ketones is 1. The van der Waals surface area contributed by atoms with Gasteiger partial charge in [0.1, 0.15) is 5.76 Å². The van der Waals surface area contributed by atoms with E-state index in [0.717, 1.165) is 12.8 Å². The van der Waals surface area contributed by atoms with Crippen LogP contribution >= 0.6 is 0 Å². The average molecular weight is 567 g/mol. The van der Waals surface area contributed by atoms with Gasteiger partial charge in [-0.2, -0.15) is 4.31 Å². The van der Waals surface area contributed by atoms with Crippen LogP contribution in [0.4, 0.5) is 5.69 Å². The first kappa shape index (κ1) is 28.0. The Labute approximate surface area is 234 Å². The predicted molar refractivity (Wildman–Crippen MR) is 150 cm³/mol. The standard InChI is InChI=1S/C29H34N4O6S/c1-4-32-23-11-6-5-10-22(23)29(28(32)37)24(26(35)27(36)33(29)19-9-16-30(2)3)25(34)20-12-14-21(15-13-20)40(38,39)31-17-7-8-18-31/h5-6,10-15,34H,4,7-9,16-19H2,1-3H3. The molecule has 0 radical (unpaired) electrons. The molecule has 40 heavy (non-hydrogen) atoms. The van der Waals surface area contributed by atoms with Gasteiger partial charge < -0.3 is 19.8 Å². The van der Waals surface area contributed by atoms with Crippen LogP contribution in [0.2, 0.25) is 0 Å². The number of nitrogens with zero attached hydrogens (tertiary/aromatic N) is 4. The van der Waals surface area contributed by atoms with E-state index in [1.54, 1.807) is 24.3 Å². The Bertz CT molecular complexity index is 1490. The summed E-state index contributed by atoms with van der Waals surface area (Å²) in [5.74, 6) is -2.79. The summed E-state index contributed by atoms with van der Waals surface area (Å²) in [7, 11) is 0.104. The van der Waals surface area contributed by atoms with Gasteiger partial charge in [-0.05, 0) is 77.2 Å². The van der Waals surface area contributed by atoms with E-state index in [9.17, 15) is 27.9 Å². The van der Waals surface area contributed by atoms with Gasteiger partial charge in [-0.25, -0.2) is 8.42 Å². The minimum atomic E-state index is -3.69. The molecule has 2 amide bonds. The molecule has 0 saturated carbocycles. The van der Waals surface area contributed by atoms with Crippen LogP contribution in [0.25, 0.3) is 5.76 Å². The van der Waals surface area contributed by atoms with Crippen LogP contribution in [-0.4, -0.2) is 92.0 Å². The number of fused-ring (bicyclic) bond motifs is 2. The molecule has 1 atom stereocenters. The van der Waals surface area contributed by atoms with Crippen molar-refractivity contribution < 1.29 is 27.9 Å². The van der Waals surface area contributed by atoms with E-state index in [1.807, 2.05) is 25.9 Å². The number of carbonyl (C=O) groups excluding carboxylic acids is 3. The van der Waals surface area contributed by atoms with Crippen LogP contribution in [-0.2, 0) is 29.9 Å². The van der Waals surface area contributed by atoms with E-state index in [4.69, 9.17) is 0 Å². The number of rotatable bonds is 8. The SMILES string of the molecule is CCN1C(=O)C2(C(=C(O)c3ccc(S(=O)(=O)N4CCCC4)cc3)C(=O)C(=O)N2CCCN(C)C)c2ccccc21. The highest BCUT2D eigenvalue weighted by Gasteiger charge is 2.66. The van der Waals surface area contributed by atoms with Gasteiger partial charge in [-0.15, -0.1) is 0 Å². The molecule has 2 aromatic rings. The molecule has 3 heterocycles. The number of aliphatic hydroxyl groups excluding tert-OH is 1. The first-order valence-corrected chi connectivity index (χ1v) is 15.0. The number of anilines is 1. The van der Waals surface area contributed by atoms with Crippen molar-refractivity contribution in [2.24, 2.45) is 0 Å². The number of aliphatic hydroxyl groups is 1. The van der Waals surface area contributed by atoms with Crippen molar-refractivity contribution in [1.29, 1.82) is 0 Å². The van der Waals surface area contributed by atoms with Crippen molar-refractivity contribution in [3.63, 3.8) is 0 Å². The summed E-state index contributed by atoms with van der Waals surface area (Å²) >= 11 is 0. The highest BCUT2D eigenvalue weighted by molar-refractivity contribution is 7.89. The minimum absolute atomic E-state index is 0.0734. The third-order valence-corrected chi connectivity index (χ3v) is 9.86. The summed E-state index contributed by atoms with van der Waals surface area (Å²) in [6.45, 7) is 3.78. The molecule has 2 aromatic carbocycles. The highest BCUT2D eigenvalue weighted by Crippen LogP contribution is 2.53. The van der Waals surface area contributed by atoms with Crippen LogP contribution in [0, 0.1) is 0 Å².